The van der Waals surface area contributed by atoms with Crippen molar-refractivity contribution in [2.45, 2.75) is 12.3 Å². The highest BCUT2D eigenvalue weighted by Gasteiger charge is 2.30. The Kier molecular flexibility index (Phi) is 4.50. The Balaban J connectivity index is 2.14. The van der Waals surface area contributed by atoms with E-state index in [-0.39, 0.29) is 11.8 Å². The zero-order valence-corrected chi connectivity index (χ0v) is 13.4. The Morgan fingerprint density at radius 3 is 2.87 bits per heavy atom. The van der Waals surface area contributed by atoms with Crippen LogP contribution >= 0.6 is 11.8 Å². The lowest BCUT2D eigenvalue weighted by molar-refractivity contribution is -0.120. The molecule has 1 atom stereocenters. The highest BCUT2D eigenvalue weighted by atomic mass is 32.2. The monoisotopic (exact) mass is 320 g/mol. The summed E-state index contributed by atoms with van der Waals surface area (Å²) in [6, 6.07) is 16.4. The van der Waals surface area contributed by atoms with Crippen molar-refractivity contribution in [3.8, 4) is 6.07 Å². The molecule has 1 amide bonds. The van der Waals surface area contributed by atoms with E-state index in [9.17, 15) is 10.1 Å². The van der Waals surface area contributed by atoms with E-state index in [1.165, 1.54) is 11.8 Å². The molecule has 0 aliphatic carbocycles. The van der Waals surface area contributed by atoms with E-state index in [1.807, 2.05) is 42.5 Å². The third kappa shape index (κ3) is 3.01. The van der Waals surface area contributed by atoms with Crippen LogP contribution in [0.15, 0.2) is 65.7 Å². The van der Waals surface area contributed by atoms with Gasteiger partial charge in [-0.3, -0.25) is 4.79 Å². The van der Waals surface area contributed by atoms with Gasteiger partial charge in [0.25, 0.3) is 0 Å². The SMILES string of the molecule is C=CCSC1=C(C#N)[C@H](c2cccc3ccccc23)CC(=O)N1. The minimum absolute atomic E-state index is 0.0477. The van der Waals surface area contributed by atoms with Crippen molar-refractivity contribution in [2.75, 3.05) is 5.75 Å². The van der Waals surface area contributed by atoms with E-state index in [0.717, 1.165) is 16.3 Å². The van der Waals surface area contributed by atoms with Gasteiger partial charge >= 0.3 is 0 Å². The molecule has 3 rings (SSSR count). The van der Waals surface area contributed by atoms with Crippen molar-refractivity contribution in [3.63, 3.8) is 0 Å². The van der Waals surface area contributed by atoms with Gasteiger partial charge in [-0.1, -0.05) is 48.5 Å². The lowest BCUT2D eigenvalue weighted by atomic mass is 9.84. The zero-order chi connectivity index (χ0) is 16.2. The molecule has 2 aromatic rings. The summed E-state index contributed by atoms with van der Waals surface area (Å²) in [6.07, 6.45) is 2.06. The van der Waals surface area contributed by atoms with Crippen LogP contribution in [0, 0.1) is 11.3 Å². The number of carbonyl (C=O) groups is 1. The number of carbonyl (C=O) groups excluding carboxylic acids is 1. The highest BCUT2D eigenvalue weighted by Crippen LogP contribution is 2.38. The smallest absolute Gasteiger partial charge is 0.225 e. The van der Waals surface area contributed by atoms with Gasteiger partial charge in [0.2, 0.25) is 5.91 Å². The number of hydrogen-bond donors (Lipinski definition) is 1. The first-order valence-electron chi connectivity index (χ1n) is 7.40. The van der Waals surface area contributed by atoms with Gasteiger partial charge in [-0.25, -0.2) is 0 Å². The standard InChI is InChI=1S/C19H16N2OS/c1-2-10-23-19-17(12-20)16(11-18(22)21-19)15-9-5-7-13-6-3-4-8-14(13)15/h2-9,16H,1,10-11H2,(H,21,22)/t16-/m0/s1. The third-order valence-electron chi connectivity index (χ3n) is 3.90. The first-order valence-corrected chi connectivity index (χ1v) is 8.38. The molecule has 114 valence electrons. The average molecular weight is 320 g/mol. The molecule has 0 saturated carbocycles. The van der Waals surface area contributed by atoms with E-state index >= 15 is 0 Å². The molecule has 1 heterocycles. The van der Waals surface area contributed by atoms with Crippen LogP contribution in [0.3, 0.4) is 0 Å². The fraction of sp³-hybridized carbons (Fsp3) is 0.158. The quantitative estimate of drug-likeness (QED) is 0.863. The normalized spacial score (nSPS) is 17.7. The van der Waals surface area contributed by atoms with Gasteiger partial charge in [-0.15, -0.1) is 18.3 Å². The van der Waals surface area contributed by atoms with Gasteiger partial charge in [-0.2, -0.15) is 5.26 Å². The van der Waals surface area contributed by atoms with Gasteiger partial charge in [0.05, 0.1) is 16.7 Å². The summed E-state index contributed by atoms with van der Waals surface area (Å²) in [5.41, 5.74) is 1.67. The summed E-state index contributed by atoms with van der Waals surface area (Å²) in [5, 5.41) is 15.4. The summed E-state index contributed by atoms with van der Waals surface area (Å²) in [6.45, 7) is 3.69. The molecule has 0 bridgehead atoms. The predicted molar refractivity (Wildman–Crippen MR) is 94.7 cm³/mol. The van der Waals surface area contributed by atoms with Crippen molar-refractivity contribution < 1.29 is 4.79 Å². The van der Waals surface area contributed by atoms with Crippen molar-refractivity contribution in [1.29, 1.82) is 5.26 Å². The second kappa shape index (κ2) is 6.72. The van der Waals surface area contributed by atoms with E-state index in [4.69, 9.17) is 0 Å². The maximum atomic E-state index is 12.1. The Morgan fingerprint density at radius 2 is 2.09 bits per heavy atom. The van der Waals surface area contributed by atoms with Crippen molar-refractivity contribution in [3.05, 3.63) is 71.3 Å². The van der Waals surface area contributed by atoms with Crippen LogP contribution in [0.5, 0.6) is 0 Å². The number of rotatable bonds is 4. The minimum Gasteiger partial charge on any atom is -0.320 e. The molecule has 0 fully saturated rings. The maximum Gasteiger partial charge on any atom is 0.225 e. The Morgan fingerprint density at radius 1 is 1.30 bits per heavy atom. The first-order chi connectivity index (χ1) is 11.2. The lowest BCUT2D eigenvalue weighted by Gasteiger charge is -2.25. The molecule has 1 N–H and O–H groups in total. The van der Waals surface area contributed by atoms with Crippen LogP contribution in [0.1, 0.15) is 17.9 Å². The number of nitrogens with zero attached hydrogens (tertiary/aromatic N) is 1. The average Bonchev–Trinajstić information content (AvgIpc) is 2.59. The third-order valence-corrected chi connectivity index (χ3v) is 4.91. The van der Waals surface area contributed by atoms with E-state index in [2.05, 4.69) is 18.0 Å². The molecule has 0 spiro atoms. The predicted octanol–water partition coefficient (Wildman–Crippen LogP) is 4.10. The fourth-order valence-corrected chi connectivity index (χ4v) is 3.71. The van der Waals surface area contributed by atoms with Crippen LogP contribution in [0.25, 0.3) is 10.8 Å². The van der Waals surface area contributed by atoms with Gasteiger partial charge in [-0.05, 0) is 16.3 Å². The van der Waals surface area contributed by atoms with E-state index < -0.39 is 0 Å². The second-order valence-corrected chi connectivity index (χ2v) is 6.36. The first kappa shape index (κ1) is 15.4. The number of benzene rings is 2. The lowest BCUT2D eigenvalue weighted by Crippen LogP contribution is -2.31. The zero-order valence-electron chi connectivity index (χ0n) is 12.6. The van der Waals surface area contributed by atoms with Gasteiger partial charge in [0, 0.05) is 18.1 Å². The Labute approximate surface area is 139 Å². The number of thioether (sulfide) groups is 1. The molecule has 1 aliphatic rings. The van der Waals surface area contributed by atoms with Crippen molar-refractivity contribution >= 4 is 28.4 Å². The maximum absolute atomic E-state index is 12.1. The molecule has 1 aliphatic heterocycles. The highest BCUT2D eigenvalue weighted by molar-refractivity contribution is 8.03. The summed E-state index contributed by atoms with van der Waals surface area (Å²) in [5.74, 6) is 0.406. The van der Waals surface area contributed by atoms with E-state index in [1.54, 1.807) is 6.08 Å². The van der Waals surface area contributed by atoms with Gasteiger partial charge in [0.1, 0.15) is 0 Å². The molecular weight excluding hydrogens is 304 g/mol. The second-order valence-electron chi connectivity index (χ2n) is 5.33. The topological polar surface area (TPSA) is 52.9 Å². The van der Waals surface area contributed by atoms with E-state index in [0.29, 0.717) is 22.8 Å². The molecule has 23 heavy (non-hydrogen) atoms. The fourth-order valence-electron chi connectivity index (χ4n) is 2.90. The largest absolute Gasteiger partial charge is 0.320 e. The minimum atomic E-state index is -0.202. The van der Waals surface area contributed by atoms with Gasteiger partial charge in [0.15, 0.2) is 0 Å². The number of nitrogens with one attached hydrogen (secondary N) is 1. The molecule has 0 aromatic heterocycles. The van der Waals surface area contributed by atoms with Crippen LogP contribution in [-0.4, -0.2) is 11.7 Å². The molecular formula is C19H16N2OS. The number of allylic oxidation sites excluding steroid dienone is 1. The molecule has 4 heteroatoms. The van der Waals surface area contributed by atoms with Crippen LogP contribution < -0.4 is 5.32 Å². The molecule has 0 radical (unpaired) electrons. The van der Waals surface area contributed by atoms with Gasteiger partial charge < -0.3 is 5.32 Å². The number of fused-ring (bicyclic) bond motifs is 1. The van der Waals surface area contributed by atoms with Crippen molar-refractivity contribution in [2.24, 2.45) is 0 Å². The summed E-state index contributed by atoms with van der Waals surface area (Å²) in [7, 11) is 0. The molecule has 0 unspecified atom stereocenters. The van der Waals surface area contributed by atoms with Crippen LogP contribution in [0.2, 0.25) is 0 Å². The summed E-state index contributed by atoms with van der Waals surface area (Å²) >= 11 is 1.44. The van der Waals surface area contributed by atoms with Crippen molar-refractivity contribution in [1.82, 2.24) is 5.32 Å². The number of hydrogen-bond acceptors (Lipinski definition) is 3. The summed E-state index contributed by atoms with van der Waals surface area (Å²) < 4.78 is 0. The van der Waals surface area contributed by atoms with Crippen LogP contribution in [0.4, 0.5) is 0 Å². The molecule has 2 aromatic carbocycles. The van der Waals surface area contributed by atoms with Crippen LogP contribution in [-0.2, 0) is 4.79 Å². The molecule has 0 saturated heterocycles. The molecule has 3 nitrogen and oxygen atoms in total. The number of nitriles is 1. The summed E-state index contributed by atoms with van der Waals surface area (Å²) in [4.78, 5) is 12.1. The Hall–Kier alpha value is -2.51. The Bertz CT molecular complexity index is 843. The number of amides is 1.